The zero-order valence-corrected chi connectivity index (χ0v) is 11.7. The normalized spacial score (nSPS) is 10.6. The number of ether oxygens (including phenoxy) is 1. The Hall–Kier alpha value is -2.15. The van der Waals surface area contributed by atoms with Crippen molar-refractivity contribution < 1.29 is 19.6 Å². The molecule has 0 spiro atoms. The van der Waals surface area contributed by atoms with Crippen LogP contribution < -0.4 is 0 Å². The number of phenols is 1. The quantitative estimate of drug-likeness (QED) is 0.634. The van der Waals surface area contributed by atoms with Crippen LogP contribution in [0.3, 0.4) is 0 Å². The minimum atomic E-state index is -0.700. The van der Waals surface area contributed by atoms with Crippen LogP contribution in [0, 0.1) is 10.1 Å². The van der Waals surface area contributed by atoms with Gasteiger partial charge in [0, 0.05) is 31.3 Å². The van der Waals surface area contributed by atoms with Crippen LogP contribution in [-0.4, -0.2) is 47.1 Å². The molecule has 7 nitrogen and oxygen atoms in total. The van der Waals surface area contributed by atoms with Crippen LogP contribution in [0.2, 0.25) is 0 Å². The lowest BCUT2D eigenvalue weighted by Crippen LogP contribution is -2.39. The van der Waals surface area contributed by atoms with Gasteiger partial charge in [0.25, 0.3) is 5.91 Å². The largest absolute Gasteiger partial charge is 0.502 e. The fourth-order valence-electron chi connectivity index (χ4n) is 1.76. The highest BCUT2D eigenvalue weighted by Crippen LogP contribution is 2.27. The van der Waals surface area contributed by atoms with Crippen molar-refractivity contribution in [2.24, 2.45) is 0 Å². The van der Waals surface area contributed by atoms with E-state index in [1.54, 1.807) is 12.0 Å². The number of nitrogens with zero attached hydrogens (tertiary/aromatic N) is 2. The summed E-state index contributed by atoms with van der Waals surface area (Å²) in [6.07, 6.45) is 0. The van der Waals surface area contributed by atoms with Crippen molar-refractivity contribution in [3.05, 3.63) is 33.9 Å². The molecule has 0 saturated heterocycles. The molecule has 1 N–H and O–H groups in total. The maximum atomic E-state index is 12.3. The first-order valence-electron chi connectivity index (χ1n) is 6.15. The summed E-state index contributed by atoms with van der Waals surface area (Å²) in [5.41, 5.74) is -0.215. The highest BCUT2D eigenvalue weighted by Gasteiger charge is 2.21. The highest BCUT2D eigenvalue weighted by atomic mass is 16.6. The number of carbonyl (C=O) groups is 1. The zero-order chi connectivity index (χ0) is 15.3. The van der Waals surface area contributed by atoms with Crippen molar-refractivity contribution in [1.29, 1.82) is 0 Å². The summed E-state index contributed by atoms with van der Waals surface area (Å²) in [4.78, 5) is 23.8. The van der Waals surface area contributed by atoms with Crippen molar-refractivity contribution in [2.45, 2.75) is 19.9 Å². The summed E-state index contributed by atoms with van der Waals surface area (Å²) in [6, 6.07) is 3.53. The lowest BCUT2D eigenvalue weighted by molar-refractivity contribution is -0.385. The number of hydrogen-bond donors (Lipinski definition) is 1. The van der Waals surface area contributed by atoms with Crippen LogP contribution in [0.15, 0.2) is 18.2 Å². The molecule has 7 heteroatoms. The smallest absolute Gasteiger partial charge is 0.310 e. The average Bonchev–Trinajstić information content (AvgIpc) is 2.37. The van der Waals surface area contributed by atoms with Gasteiger partial charge in [0.15, 0.2) is 5.75 Å². The van der Waals surface area contributed by atoms with E-state index in [0.29, 0.717) is 13.2 Å². The predicted octanol–water partition coefficient (Wildman–Crippen LogP) is 1.80. The molecule has 0 saturated carbocycles. The SMILES string of the molecule is COCCN(C(=O)c1ccc([N+](=O)[O-])c(O)c1)C(C)C. The predicted molar refractivity (Wildman–Crippen MR) is 72.8 cm³/mol. The fraction of sp³-hybridized carbons (Fsp3) is 0.462. The van der Waals surface area contributed by atoms with E-state index in [2.05, 4.69) is 0 Å². The molecule has 0 bridgehead atoms. The van der Waals surface area contributed by atoms with E-state index in [-0.39, 0.29) is 17.5 Å². The Morgan fingerprint density at radius 2 is 2.15 bits per heavy atom. The molecular weight excluding hydrogens is 264 g/mol. The number of phenolic OH excluding ortho intramolecular Hbond substituents is 1. The molecule has 1 aromatic rings. The summed E-state index contributed by atoms with van der Waals surface area (Å²) in [5.74, 6) is -0.821. The van der Waals surface area contributed by atoms with Crippen molar-refractivity contribution >= 4 is 11.6 Å². The number of amides is 1. The topological polar surface area (TPSA) is 92.9 Å². The molecule has 0 aliphatic carbocycles. The van der Waals surface area contributed by atoms with Crippen LogP contribution in [0.1, 0.15) is 24.2 Å². The van der Waals surface area contributed by atoms with Gasteiger partial charge in [-0.15, -0.1) is 0 Å². The Morgan fingerprint density at radius 1 is 1.50 bits per heavy atom. The summed E-state index contributed by atoms with van der Waals surface area (Å²) in [6.45, 7) is 4.52. The average molecular weight is 282 g/mol. The number of carbonyl (C=O) groups excluding carboxylic acids is 1. The maximum Gasteiger partial charge on any atom is 0.310 e. The van der Waals surface area contributed by atoms with Crippen LogP contribution >= 0.6 is 0 Å². The van der Waals surface area contributed by atoms with Crippen LogP contribution in [0.5, 0.6) is 5.75 Å². The van der Waals surface area contributed by atoms with E-state index in [1.807, 2.05) is 13.8 Å². The van der Waals surface area contributed by atoms with E-state index in [9.17, 15) is 20.0 Å². The standard InChI is InChI=1S/C13H18N2O5/c1-9(2)14(6-7-20-3)13(17)10-4-5-11(15(18)19)12(16)8-10/h4-5,8-9,16H,6-7H2,1-3H3. The number of benzene rings is 1. The first-order chi connectivity index (χ1) is 9.38. The third-order valence-electron chi connectivity index (χ3n) is 2.84. The van der Waals surface area contributed by atoms with Gasteiger partial charge in [0.1, 0.15) is 0 Å². The number of nitro benzene ring substituents is 1. The van der Waals surface area contributed by atoms with Gasteiger partial charge >= 0.3 is 5.69 Å². The van der Waals surface area contributed by atoms with Crippen molar-refractivity contribution in [3.63, 3.8) is 0 Å². The number of rotatable bonds is 6. The molecule has 1 amide bonds. The monoisotopic (exact) mass is 282 g/mol. The number of hydrogen-bond acceptors (Lipinski definition) is 5. The van der Waals surface area contributed by atoms with Gasteiger partial charge in [-0.2, -0.15) is 0 Å². The Labute approximate surface area is 116 Å². The molecule has 0 atom stereocenters. The second-order valence-electron chi connectivity index (χ2n) is 4.55. The Kier molecular flexibility index (Phi) is 5.45. The molecule has 0 aliphatic rings. The van der Waals surface area contributed by atoms with Gasteiger partial charge in [-0.3, -0.25) is 14.9 Å². The third-order valence-corrected chi connectivity index (χ3v) is 2.84. The molecule has 0 fully saturated rings. The number of aromatic hydroxyl groups is 1. The van der Waals surface area contributed by atoms with Gasteiger partial charge in [0.2, 0.25) is 0 Å². The zero-order valence-electron chi connectivity index (χ0n) is 11.7. The Bertz CT molecular complexity index is 502. The molecule has 0 radical (unpaired) electrons. The van der Waals surface area contributed by atoms with Crippen LogP contribution in [-0.2, 0) is 4.74 Å². The maximum absolute atomic E-state index is 12.3. The third kappa shape index (κ3) is 3.67. The van der Waals surface area contributed by atoms with E-state index in [4.69, 9.17) is 4.74 Å². The van der Waals surface area contributed by atoms with Gasteiger partial charge in [0.05, 0.1) is 11.5 Å². The second-order valence-corrected chi connectivity index (χ2v) is 4.55. The van der Waals surface area contributed by atoms with Gasteiger partial charge in [-0.05, 0) is 26.0 Å². The molecule has 110 valence electrons. The molecule has 0 aliphatic heterocycles. The van der Waals surface area contributed by atoms with Gasteiger partial charge in [-0.1, -0.05) is 0 Å². The van der Waals surface area contributed by atoms with Crippen molar-refractivity contribution in [1.82, 2.24) is 4.90 Å². The lowest BCUT2D eigenvalue weighted by atomic mass is 10.1. The molecule has 0 heterocycles. The minimum absolute atomic E-state index is 0.0463. The van der Waals surface area contributed by atoms with Crippen LogP contribution in [0.25, 0.3) is 0 Å². The number of methoxy groups -OCH3 is 1. The van der Waals surface area contributed by atoms with Gasteiger partial charge in [-0.25, -0.2) is 0 Å². The first-order valence-corrected chi connectivity index (χ1v) is 6.15. The van der Waals surface area contributed by atoms with E-state index < -0.39 is 16.4 Å². The molecule has 1 rings (SSSR count). The Balaban J connectivity index is 3.00. The molecular formula is C13H18N2O5. The Morgan fingerprint density at radius 3 is 2.60 bits per heavy atom. The van der Waals surface area contributed by atoms with E-state index >= 15 is 0 Å². The minimum Gasteiger partial charge on any atom is -0.502 e. The van der Waals surface area contributed by atoms with E-state index in [0.717, 1.165) is 12.1 Å². The molecule has 20 heavy (non-hydrogen) atoms. The number of nitro groups is 1. The summed E-state index contributed by atoms with van der Waals surface area (Å²) in [5, 5.41) is 20.2. The van der Waals surface area contributed by atoms with Crippen LogP contribution in [0.4, 0.5) is 5.69 Å². The first kappa shape index (κ1) is 15.9. The fourth-order valence-corrected chi connectivity index (χ4v) is 1.76. The van der Waals surface area contributed by atoms with Crippen molar-refractivity contribution in [3.8, 4) is 5.75 Å². The summed E-state index contributed by atoms with van der Waals surface area (Å²) in [7, 11) is 1.54. The lowest BCUT2D eigenvalue weighted by Gasteiger charge is -2.26. The summed E-state index contributed by atoms with van der Waals surface area (Å²) >= 11 is 0. The molecule has 0 unspecified atom stereocenters. The molecule has 0 aromatic heterocycles. The van der Waals surface area contributed by atoms with Gasteiger partial charge < -0.3 is 14.7 Å². The van der Waals surface area contributed by atoms with Crippen molar-refractivity contribution in [2.75, 3.05) is 20.3 Å². The highest BCUT2D eigenvalue weighted by molar-refractivity contribution is 5.95. The summed E-state index contributed by atoms with van der Waals surface area (Å²) < 4.78 is 4.95. The molecule has 1 aromatic carbocycles. The van der Waals surface area contributed by atoms with E-state index in [1.165, 1.54) is 6.07 Å². The second kappa shape index (κ2) is 6.85.